The predicted octanol–water partition coefficient (Wildman–Crippen LogP) is 1.15. The molecule has 96 valence electrons. The van der Waals surface area contributed by atoms with Crippen LogP contribution in [0.15, 0.2) is 17.4 Å². The highest BCUT2D eigenvalue weighted by Crippen LogP contribution is 2.30. The minimum Gasteiger partial charge on any atom is -0.409 e. The monoisotopic (exact) mass is 259 g/mol. The lowest BCUT2D eigenvalue weighted by Gasteiger charge is -2.09. The van der Waals surface area contributed by atoms with E-state index in [2.05, 4.69) is 15.2 Å². The molecule has 6 nitrogen and oxygen atoms in total. The summed E-state index contributed by atoms with van der Waals surface area (Å²) in [5.41, 5.74) is 4.44. The Kier molecular flexibility index (Phi) is 2.60. The summed E-state index contributed by atoms with van der Waals surface area (Å²) in [7, 11) is 0. The number of fused-ring (bicyclic) bond motifs is 1. The van der Waals surface area contributed by atoms with Gasteiger partial charge in [0.15, 0.2) is 11.5 Å². The van der Waals surface area contributed by atoms with Gasteiger partial charge in [-0.3, -0.25) is 0 Å². The fourth-order valence-electron chi connectivity index (χ4n) is 1.52. The van der Waals surface area contributed by atoms with Crippen molar-refractivity contribution in [3.63, 3.8) is 0 Å². The summed E-state index contributed by atoms with van der Waals surface area (Å²) in [5.74, 6) is -0.351. The van der Waals surface area contributed by atoms with Gasteiger partial charge in [-0.1, -0.05) is 5.16 Å². The second-order valence-corrected chi connectivity index (χ2v) is 3.56. The Morgan fingerprint density at radius 2 is 2.17 bits per heavy atom. The molecule has 18 heavy (non-hydrogen) atoms. The normalized spacial score (nSPS) is 13.2. The zero-order valence-corrected chi connectivity index (χ0v) is 9.10. The number of amidine groups is 1. The number of hydrogen-bond donors (Lipinski definition) is 2. The molecule has 0 aromatic carbocycles. The number of halogens is 3. The topological polar surface area (TPSA) is 88.8 Å². The minimum atomic E-state index is -4.57. The van der Waals surface area contributed by atoms with Gasteiger partial charge < -0.3 is 10.9 Å². The van der Waals surface area contributed by atoms with Crippen LogP contribution in [0.3, 0.4) is 0 Å². The zero-order valence-electron chi connectivity index (χ0n) is 9.10. The summed E-state index contributed by atoms with van der Waals surface area (Å²) in [4.78, 5) is 3.91. The number of rotatable bonds is 1. The first-order valence-electron chi connectivity index (χ1n) is 4.75. The third-order valence-electron chi connectivity index (χ3n) is 2.27. The first-order valence-corrected chi connectivity index (χ1v) is 4.75. The SMILES string of the molecule is Cc1cc(C(F)(F)F)n2ncc(/C(N)=N/O)c2n1. The van der Waals surface area contributed by atoms with Crippen molar-refractivity contribution in [3.8, 4) is 0 Å². The summed E-state index contributed by atoms with van der Waals surface area (Å²) < 4.78 is 39.0. The molecular weight excluding hydrogens is 251 g/mol. The summed E-state index contributed by atoms with van der Waals surface area (Å²) in [6, 6.07) is 0.871. The number of aromatic nitrogens is 3. The molecule has 2 aromatic rings. The average Bonchev–Trinajstić information content (AvgIpc) is 2.69. The van der Waals surface area contributed by atoms with Gasteiger partial charge >= 0.3 is 6.18 Å². The predicted molar refractivity (Wildman–Crippen MR) is 55.2 cm³/mol. The Labute approximate surface area is 98.5 Å². The lowest BCUT2D eigenvalue weighted by Crippen LogP contribution is -2.16. The van der Waals surface area contributed by atoms with E-state index in [0.717, 1.165) is 12.3 Å². The van der Waals surface area contributed by atoms with Gasteiger partial charge in [0.1, 0.15) is 5.69 Å². The standard InChI is InChI=1S/C9H8F3N5O/c1-4-2-6(9(10,11)12)17-8(15-4)5(3-14-17)7(13)16-18/h2-3,18H,1H3,(H2,13,16). The maximum Gasteiger partial charge on any atom is 0.433 e. The Morgan fingerprint density at radius 1 is 1.50 bits per heavy atom. The van der Waals surface area contributed by atoms with Gasteiger partial charge in [0.05, 0.1) is 11.8 Å². The maximum atomic E-state index is 12.8. The van der Waals surface area contributed by atoms with Crippen LogP contribution in [0.25, 0.3) is 5.65 Å². The van der Waals surface area contributed by atoms with Crippen molar-refractivity contribution < 1.29 is 18.4 Å². The van der Waals surface area contributed by atoms with Crippen molar-refractivity contribution in [1.82, 2.24) is 14.6 Å². The fourth-order valence-corrected chi connectivity index (χ4v) is 1.52. The fraction of sp³-hybridized carbons (Fsp3) is 0.222. The quantitative estimate of drug-likeness (QED) is 0.348. The van der Waals surface area contributed by atoms with E-state index in [-0.39, 0.29) is 22.7 Å². The first-order chi connectivity index (χ1) is 8.34. The molecule has 0 aliphatic carbocycles. The molecule has 0 atom stereocenters. The van der Waals surface area contributed by atoms with Crippen LogP contribution in [0.1, 0.15) is 17.0 Å². The lowest BCUT2D eigenvalue weighted by molar-refractivity contribution is -0.142. The molecule has 2 aromatic heterocycles. The molecule has 0 amide bonds. The zero-order chi connectivity index (χ0) is 13.5. The highest BCUT2D eigenvalue weighted by atomic mass is 19.4. The molecule has 0 fully saturated rings. The highest BCUT2D eigenvalue weighted by Gasteiger charge is 2.35. The molecular formula is C9H8F3N5O. The Morgan fingerprint density at radius 3 is 2.72 bits per heavy atom. The van der Waals surface area contributed by atoms with E-state index >= 15 is 0 Å². The van der Waals surface area contributed by atoms with Gasteiger partial charge in [-0.15, -0.1) is 0 Å². The van der Waals surface area contributed by atoms with Crippen molar-refractivity contribution in [1.29, 1.82) is 0 Å². The molecule has 2 heterocycles. The van der Waals surface area contributed by atoms with E-state index in [1.165, 1.54) is 6.92 Å². The molecule has 0 radical (unpaired) electrons. The summed E-state index contributed by atoms with van der Waals surface area (Å²) >= 11 is 0. The largest absolute Gasteiger partial charge is 0.433 e. The number of nitrogens with two attached hydrogens (primary N) is 1. The second kappa shape index (κ2) is 3.86. The van der Waals surface area contributed by atoms with E-state index in [9.17, 15) is 13.2 Å². The molecule has 0 saturated carbocycles. The molecule has 2 rings (SSSR count). The average molecular weight is 259 g/mol. The van der Waals surface area contributed by atoms with Crippen LogP contribution in [0.4, 0.5) is 13.2 Å². The molecule has 3 N–H and O–H groups in total. The molecule has 0 saturated heterocycles. The molecule has 0 aliphatic rings. The lowest BCUT2D eigenvalue weighted by atomic mass is 10.3. The van der Waals surface area contributed by atoms with Crippen LogP contribution in [-0.2, 0) is 6.18 Å². The number of alkyl halides is 3. The van der Waals surface area contributed by atoms with Gasteiger partial charge in [0, 0.05) is 5.69 Å². The van der Waals surface area contributed by atoms with Gasteiger partial charge in [0.2, 0.25) is 0 Å². The summed E-state index contributed by atoms with van der Waals surface area (Å²) in [6.45, 7) is 1.41. The third-order valence-corrected chi connectivity index (χ3v) is 2.27. The highest BCUT2D eigenvalue weighted by molar-refractivity contribution is 6.02. The van der Waals surface area contributed by atoms with E-state index in [0.29, 0.717) is 4.52 Å². The van der Waals surface area contributed by atoms with E-state index in [1.54, 1.807) is 0 Å². The maximum absolute atomic E-state index is 12.8. The molecule has 0 spiro atoms. The van der Waals surface area contributed by atoms with E-state index < -0.39 is 11.9 Å². The van der Waals surface area contributed by atoms with Gasteiger partial charge in [0.25, 0.3) is 0 Å². The van der Waals surface area contributed by atoms with Crippen molar-refractivity contribution in [2.24, 2.45) is 10.9 Å². The second-order valence-electron chi connectivity index (χ2n) is 3.56. The number of nitrogens with zero attached hydrogens (tertiary/aromatic N) is 4. The smallest absolute Gasteiger partial charge is 0.409 e. The first kappa shape index (κ1) is 12.1. The van der Waals surface area contributed by atoms with Crippen LogP contribution in [0, 0.1) is 6.92 Å². The summed E-state index contributed by atoms with van der Waals surface area (Å²) in [5, 5.41) is 14.8. The third kappa shape index (κ3) is 1.83. The molecule has 0 aliphatic heterocycles. The van der Waals surface area contributed by atoms with Crippen molar-refractivity contribution in [3.05, 3.63) is 29.2 Å². The number of aryl methyl sites for hydroxylation is 1. The van der Waals surface area contributed by atoms with Crippen LogP contribution >= 0.6 is 0 Å². The van der Waals surface area contributed by atoms with E-state index in [1.807, 2.05) is 0 Å². The van der Waals surface area contributed by atoms with E-state index in [4.69, 9.17) is 10.9 Å². The van der Waals surface area contributed by atoms with Crippen molar-refractivity contribution >= 4 is 11.5 Å². The molecule has 9 heteroatoms. The van der Waals surface area contributed by atoms with Crippen LogP contribution in [0.5, 0.6) is 0 Å². The summed E-state index contributed by atoms with van der Waals surface area (Å²) in [6.07, 6.45) is -3.51. The number of oxime groups is 1. The molecule has 0 unspecified atom stereocenters. The Balaban J connectivity index is 2.81. The van der Waals surface area contributed by atoms with Crippen molar-refractivity contribution in [2.45, 2.75) is 13.1 Å². The van der Waals surface area contributed by atoms with Gasteiger partial charge in [-0.25, -0.2) is 9.50 Å². The Hall–Kier alpha value is -2.32. The Bertz CT molecular complexity index is 631. The van der Waals surface area contributed by atoms with Crippen LogP contribution in [0.2, 0.25) is 0 Å². The number of hydrogen-bond acceptors (Lipinski definition) is 4. The van der Waals surface area contributed by atoms with Crippen molar-refractivity contribution in [2.75, 3.05) is 0 Å². The van der Waals surface area contributed by atoms with Gasteiger partial charge in [-0.05, 0) is 13.0 Å². The molecule has 0 bridgehead atoms. The van der Waals surface area contributed by atoms with Crippen LogP contribution < -0.4 is 5.73 Å². The van der Waals surface area contributed by atoms with Gasteiger partial charge in [-0.2, -0.15) is 18.3 Å². The minimum absolute atomic E-state index is 0.0340. The van der Waals surface area contributed by atoms with Crippen LogP contribution in [-0.4, -0.2) is 25.6 Å².